The molecule has 3 rings (SSSR count). The minimum Gasteiger partial charge on any atom is -0.497 e. The Morgan fingerprint density at radius 2 is 1.74 bits per heavy atom. The Labute approximate surface area is 136 Å². The molecule has 0 amide bonds. The Morgan fingerprint density at radius 1 is 0.957 bits per heavy atom. The molecule has 0 radical (unpaired) electrons. The van der Waals surface area contributed by atoms with E-state index >= 15 is 0 Å². The zero-order valence-corrected chi connectivity index (χ0v) is 13.1. The van der Waals surface area contributed by atoms with E-state index in [1.54, 1.807) is 13.3 Å². The van der Waals surface area contributed by atoms with E-state index in [0.29, 0.717) is 5.95 Å². The van der Waals surface area contributed by atoms with Gasteiger partial charge in [-0.25, -0.2) is 9.97 Å². The Bertz CT molecular complexity index is 742. The molecule has 1 aromatic heterocycles. The van der Waals surface area contributed by atoms with Crippen molar-refractivity contribution in [3.63, 3.8) is 0 Å². The number of hydrogen-bond acceptors (Lipinski definition) is 4. The SMILES string of the molecule is COc1ccc(-c2ccnc(NCCc3ccccc3)n2)cc1. The number of rotatable bonds is 6. The van der Waals surface area contributed by atoms with Crippen LogP contribution in [0.4, 0.5) is 5.95 Å². The lowest BCUT2D eigenvalue weighted by molar-refractivity contribution is 0.415. The Kier molecular flexibility index (Phi) is 4.84. The van der Waals surface area contributed by atoms with Gasteiger partial charge < -0.3 is 10.1 Å². The van der Waals surface area contributed by atoms with Gasteiger partial charge in [-0.15, -0.1) is 0 Å². The van der Waals surface area contributed by atoms with E-state index in [2.05, 4.69) is 39.6 Å². The average Bonchev–Trinajstić information content (AvgIpc) is 2.63. The maximum atomic E-state index is 5.18. The molecule has 0 bridgehead atoms. The minimum absolute atomic E-state index is 0.647. The highest BCUT2D eigenvalue weighted by Gasteiger charge is 2.02. The molecule has 4 nitrogen and oxygen atoms in total. The van der Waals surface area contributed by atoms with E-state index in [1.165, 1.54) is 5.56 Å². The van der Waals surface area contributed by atoms with Crippen molar-refractivity contribution in [1.82, 2.24) is 9.97 Å². The van der Waals surface area contributed by atoms with Gasteiger partial charge in [0.15, 0.2) is 0 Å². The van der Waals surface area contributed by atoms with Gasteiger partial charge in [-0.2, -0.15) is 0 Å². The number of nitrogens with one attached hydrogen (secondary N) is 1. The van der Waals surface area contributed by atoms with E-state index < -0.39 is 0 Å². The second-order valence-corrected chi connectivity index (χ2v) is 5.16. The standard InChI is InChI=1S/C19H19N3O/c1-23-17-9-7-16(8-10-17)18-12-14-21-19(22-18)20-13-11-15-5-3-2-4-6-15/h2-10,12,14H,11,13H2,1H3,(H,20,21,22). The van der Waals surface area contributed by atoms with Crippen molar-refractivity contribution in [1.29, 1.82) is 0 Å². The normalized spacial score (nSPS) is 10.3. The van der Waals surface area contributed by atoms with Crippen molar-refractivity contribution in [3.8, 4) is 17.0 Å². The highest BCUT2D eigenvalue weighted by Crippen LogP contribution is 2.20. The van der Waals surface area contributed by atoms with E-state index in [9.17, 15) is 0 Å². The third-order valence-corrected chi connectivity index (χ3v) is 3.58. The summed E-state index contributed by atoms with van der Waals surface area (Å²) in [5, 5.41) is 3.28. The molecule has 0 saturated heterocycles. The van der Waals surface area contributed by atoms with Crippen molar-refractivity contribution < 1.29 is 4.74 Å². The Morgan fingerprint density at radius 3 is 2.48 bits per heavy atom. The van der Waals surface area contributed by atoms with Gasteiger partial charge in [-0.1, -0.05) is 30.3 Å². The number of hydrogen-bond donors (Lipinski definition) is 1. The molecule has 0 aliphatic rings. The van der Waals surface area contributed by atoms with Gasteiger partial charge in [0, 0.05) is 18.3 Å². The highest BCUT2D eigenvalue weighted by molar-refractivity contribution is 5.60. The lowest BCUT2D eigenvalue weighted by Gasteiger charge is -2.07. The number of methoxy groups -OCH3 is 1. The molecule has 23 heavy (non-hydrogen) atoms. The Hall–Kier alpha value is -2.88. The first-order chi connectivity index (χ1) is 11.3. The number of benzene rings is 2. The fourth-order valence-corrected chi connectivity index (χ4v) is 2.33. The van der Waals surface area contributed by atoms with Crippen molar-refractivity contribution in [2.45, 2.75) is 6.42 Å². The Balaban J connectivity index is 1.64. The molecular weight excluding hydrogens is 286 g/mol. The molecule has 0 fully saturated rings. The van der Waals surface area contributed by atoms with Gasteiger partial charge >= 0.3 is 0 Å². The lowest BCUT2D eigenvalue weighted by Crippen LogP contribution is -2.08. The molecule has 1 N–H and O–H groups in total. The first kappa shape index (κ1) is 15.0. The van der Waals surface area contributed by atoms with Crippen LogP contribution < -0.4 is 10.1 Å². The average molecular weight is 305 g/mol. The molecule has 0 spiro atoms. The van der Waals surface area contributed by atoms with Gasteiger partial charge in [-0.3, -0.25) is 0 Å². The maximum Gasteiger partial charge on any atom is 0.223 e. The van der Waals surface area contributed by atoms with Crippen LogP contribution in [0.15, 0.2) is 66.9 Å². The fraction of sp³-hybridized carbons (Fsp3) is 0.158. The van der Waals surface area contributed by atoms with E-state index in [4.69, 9.17) is 4.74 Å². The lowest BCUT2D eigenvalue weighted by atomic mass is 10.1. The van der Waals surface area contributed by atoms with Crippen LogP contribution in [-0.2, 0) is 6.42 Å². The summed E-state index contributed by atoms with van der Waals surface area (Å²) in [4.78, 5) is 8.85. The quantitative estimate of drug-likeness (QED) is 0.752. The molecule has 2 aromatic carbocycles. The summed E-state index contributed by atoms with van der Waals surface area (Å²) in [6.07, 6.45) is 2.72. The molecule has 116 valence electrons. The van der Waals surface area contributed by atoms with Crippen molar-refractivity contribution in [3.05, 3.63) is 72.4 Å². The molecule has 0 unspecified atom stereocenters. The second-order valence-electron chi connectivity index (χ2n) is 5.16. The van der Waals surface area contributed by atoms with Crippen LogP contribution in [0.25, 0.3) is 11.3 Å². The van der Waals surface area contributed by atoms with Gasteiger partial charge in [0.25, 0.3) is 0 Å². The molecule has 1 heterocycles. The van der Waals surface area contributed by atoms with Gasteiger partial charge in [0.1, 0.15) is 5.75 Å². The maximum absolute atomic E-state index is 5.18. The van der Waals surface area contributed by atoms with Crippen LogP contribution in [0.1, 0.15) is 5.56 Å². The predicted molar refractivity (Wildman–Crippen MR) is 92.7 cm³/mol. The van der Waals surface area contributed by atoms with E-state index in [1.807, 2.05) is 36.4 Å². The largest absolute Gasteiger partial charge is 0.497 e. The summed E-state index contributed by atoms with van der Waals surface area (Å²) in [5.41, 5.74) is 3.23. The van der Waals surface area contributed by atoms with Crippen molar-refractivity contribution >= 4 is 5.95 Å². The minimum atomic E-state index is 0.647. The number of nitrogens with zero attached hydrogens (tertiary/aromatic N) is 2. The van der Waals surface area contributed by atoms with Gasteiger partial charge in [0.05, 0.1) is 12.8 Å². The van der Waals surface area contributed by atoms with Crippen molar-refractivity contribution in [2.24, 2.45) is 0 Å². The molecule has 0 saturated carbocycles. The van der Waals surface area contributed by atoms with E-state index in [-0.39, 0.29) is 0 Å². The summed E-state index contributed by atoms with van der Waals surface area (Å²) < 4.78 is 5.18. The zero-order chi connectivity index (χ0) is 15.9. The van der Waals surface area contributed by atoms with Gasteiger partial charge in [-0.05, 0) is 42.3 Å². The van der Waals surface area contributed by atoms with Crippen LogP contribution in [0.3, 0.4) is 0 Å². The summed E-state index contributed by atoms with van der Waals surface area (Å²) in [7, 11) is 1.66. The first-order valence-electron chi connectivity index (χ1n) is 7.60. The molecule has 0 aliphatic carbocycles. The highest BCUT2D eigenvalue weighted by atomic mass is 16.5. The fourth-order valence-electron chi connectivity index (χ4n) is 2.33. The number of anilines is 1. The summed E-state index contributed by atoms with van der Waals surface area (Å²) in [6.45, 7) is 0.802. The molecular formula is C19H19N3O. The smallest absolute Gasteiger partial charge is 0.223 e. The third kappa shape index (κ3) is 4.07. The summed E-state index contributed by atoms with van der Waals surface area (Å²) in [5.74, 6) is 1.48. The summed E-state index contributed by atoms with van der Waals surface area (Å²) >= 11 is 0. The molecule has 3 aromatic rings. The molecule has 4 heteroatoms. The van der Waals surface area contributed by atoms with E-state index in [0.717, 1.165) is 30.0 Å². The van der Waals surface area contributed by atoms with Crippen LogP contribution in [0.2, 0.25) is 0 Å². The molecule has 0 atom stereocenters. The van der Waals surface area contributed by atoms with Gasteiger partial charge in [0.2, 0.25) is 5.95 Å². The van der Waals surface area contributed by atoms with Crippen LogP contribution in [-0.4, -0.2) is 23.6 Å². The van der Waals surface area contributed by atoms with Crippen molar-refractivity contribution in [2.75, 3.05) is 19.0 Å². The van der Waals surface area contributed by atoms with Crippen LogP contribution in [0, 0.1) is 0 Å². The molecule has 0 aliphatic heterocycles. The topological polar surface area (TPSA) is 47.0 Å². The first-order valence-corrected chi connectivity index (χ1v) is 7.60. The summed E-state index contributed by atoms with van der Waals surface area (Å²) in [6, 6.07) is 20.1. The van der Waals surface area contributed by atoms with Crippen LogP contribution in [0.5, 0.6) is 5.75 Å². The predicted octanol–water partition coefficient (Wildman–Crippen LogP) is 3.81. The monoisotopic (exact) mass is 305 g/mol. The number of aromatic nitrogens is 2. The zero-order valence-electron chi connectivity index (χ0n) is 13.1. The second kappa shape index (κ2) is 7.40. The number of ether oxygens (including phenoxy) is 1. The third-order valence-electron chi connectivity index (χ3n) is 3.58. The van der Waals surface area contributed by atoms with Crippen LogP contribution >= 0.6 is 0 Å².